The van der Waals surface area contributed by atoms with E-state index in [9.17, 15) is 4.79 Å². The number of carbonyl (C=O) groups is 1. The van der Waals surface area contributed by atoms with Crippen molar-refractivity contribution in [3.8, 4) is 0 Å². The zero-order chi connectivity index (χ0) is 10.5. The molecule has 13 heavy (non-hydrogen) atoms. The second-order valence-corrected chi connectivity index (χ2v) is 7.57. The Morgan fingerprint density at radius 1 is 1.46 bits per heavy atom. The number of hydrogen-bond acceptors (Lipinski definition) is 3. The molecule has 1 amide bonds. The highest BCUT2D eigenvalue weighted by Gasteiger charge is 2.14. The fraction of sp³-hybridized carbons (Fsp3) is 0.889. The third-order valence-corrected chi connectivity index (χ3v) is 5.19. The van der Waals surface area contributed by atoms with Crippen molar-refractivity contribution in [1.82, 2.24) is 0 Å². The molecule has 0 rings (SSSR count). The van der Waals surface area contributed by atoms with Crippen LogP contribution in [0.2, 0.25) is 0 Å². The summed E-state index contributed by atoms with van der Waals surface area (Å²) in [5.74, 6) is -0.201. The fourth-order valence-electron chi connectivity index (χ4n) is 0.620. The Morgan fingerprint density at radius 3 is 2.38 bits per heavy atom. The second-order valence-electron chi connectivity index (χ2n) is 4.11. The van der Waals surface area contributed by atoms with Gasteiger partial charge in [-0.2, -0.15) is 0 Å². The van der Waals surface area contributed by atoms with Crippen molar-refractivity contribution in [3.63, 3.8) is 0 Å². The number of primary amides is 1. The van der Waals surface area contributed by atoms with Crippen molar-refractivity contribution in [2.24, 2.45) is 5.73 Å². The van der Waals surface area contributed by atoms with E-state index in [2.05, 4.69) is 27.7 Å². The van der Waals surface area contributed by atoms with Crippen molar-refractivity contribution >= 4 is 27.5 Å². The van der Waals surface area contributed by atoms with Crippen LogP contribution < -0.4 is 5.73 Å². The van der Waals surface area contributed by atoms with Gasteiger partial charge in [-0.25, -0.2) is 0 Å². The van der Waals surface area contributed by atoms with Gasteiger partial charge in [-0.1, -0.05) is 49.3 Å². The molecule has 0 heterocycles. The Labute approximate surface area is 88.8 Å². The van der Waals surface area contributed by atoms with E-state index in [1.807, 2.05) is 21.6 Å². The van der Waals surface area contributed by atoms with E-state index in [1.54, 1.807) is 0 Å². The lowest BCUT2D eigenvalue weighted by atomic mass is 10.2. The Balaban J connectivity index is 3.52. The van der Waals surface area contributed by atoms with Gasteiger partial charge in [0, 0.05) is 16.4 Å². The molecule has 0 aliphatic rings. The summed E-state index contributed by atoms with van der Waals surface area (Å²) in [4.78, 5) is 10.5. The minimum atomic E-state index is -0.201. The molecule has 0 saturated carbocycles. The SMILES string of the molecule is CC(CCC(N)=O)SSC(C)(C)C. The van der Waals surface area contributed by atoms with Gasteiger partial charge in [0.1, 0.15) is 0 Å². The van der Waals surface area contributed by atoms with Crippen LogP contribution in [0.3, 0.4) is 0 Å². The summed E-state index contributed by atoms with van der Waals surface area (Å²) in [5, 5.41) is 0.497. The van der Waals surface area contributed by atoms with E-state index in [-0.39, 0.29) is 10.7 Å². The van der Waals surface area contributed by atoms with Crippen LogP contribution in [0, 0.1) is 0 Å². The highest BCUT2D eigenvalue weighted by atomic mass is 33.1. The van der Waals surface area contributed by atoms with Crippen molar-refractivity contribution in [2.45, 2.75) is 50.5 Å². The maximum atomic E-state index is 10.5. The van der Waals surface area contributed by atoms with Gasteiger partial charge in [-0.05, 0) is 6.42 Å². The van der Waals surface area contributed by atoms with Crippen LogP contribution in [0.4, 0.5) is 0 Å². The lowest BCUT2D eigenvalue weighted by molar-refractivity contribution is -0.118. The normalized spacial score (nSPS) is 14.2. The quantitative estimate of drug-likeness (QED) is 0.726. The summed E-state index contributed by atoms with van der Waals surface area (Å²) in [5.41, 5.74) is 5.07. The molecule has 0 radical (unpaired) electrons. The van der Waals surface area contributed by atoms with E-state index in [0.29, 0.717) is 11.7 Å². The number of carbonyl (C=O) groups excluding carboxylic acids is 1. The Kier molecular flexibility index (Phi) is 5.88. The van der Waals surface area contributed by atoms with E-state index in [1.165, 1.54) is 0 Å². The maximum absolute atomic E-state index is 10.5. The molecule has 4 heteroatoms. The van der Waals surface area contributed by atoms with Gasteiger partial charge in [-0.3, -0.25) is 4.79 Å². The molecule has 0 aromatic heterocycles. The second kappa shape index (κ2) is 5.81. The lowest BCUT2D eigenvalue weighted by Gasteiger charge is -2.19. The number of amides is 1. The van der Waals surface area contributed by atoms with E-state index in [4.69, 9.17) is 5.73 Å². The highest BCUT2D eigenvalue weighted by Crippen LogP contribution is 2.38. The third-order valence-electron chi connectivity index (χ3n) is 1.26. The molecule has 0 aromatic carbocycles. The molecule has 2 nitrogen and oxygen atoms in total. The van der Waals surface area contributed by atoms with Crippen LogP contribution >= 0.6 is 21.6 Å². The Hall–Kier alpha value is 0.170. The first-order chi connectivity index (χ1) is 5.81. The van der Waals surface area contributed by atoms with Crippen molar-refractivity contribution in [3.05, 3.63) is 0 Å². The summed E-state index contributed by atoms with van der Waals surface area (Å²) in [6.07, 6.45) is 1.38. The summed E-state index contributed by atoms with van der Waals surface area (Å²) in [7, 11) is 3.69. The first-order valence-electron chi connectivity index (χ1n) is 4.44. The maximum Gasteiger partial charge on any atom is 0.217 e. The molecule has 1 unspecified atom stereocenters. The molecule has 0 aliphatic carbocycles. The molecular weight excluding hydrogens is 202 g/mol. The Morgan fingerprint density at radius 2 is 2.00 bits per heavy atom. The monoisotopic (exact) mass is 221 g/mol. The number of rotatable bonds is 5. The average molecular weight is 221 g/mol. The van der Waals surface area contributed by atoms with Crippen LogP contribution in [-0.2, 0) is 4.79 Å². The van der Waals surface area contributed by atoms with Crippen molar-refractivity contribution in [1.29, 1.82) is 0 Å². The minimum Gasteiger partial charge on any atom is -0.370 e. The van der Waals surface area contributed by atoms with Crippen LogP contribution in [-0.4, -0.2) is 15.9 Å². The third kappa shape index (κ3) is 10.1. The summed E-state index contributed by atoms with van der Waals surface area (Å²) in [6.45, 7) is 8.69. The van der Waals surface area contributed by atoms with Gasteiger partial charge in [0.2, 0.25) is 5.91 Å². The van der Waals surface area contributed by atoms with Crippen LogP contribution in [0.25, 0.3) is 0 Å². The van der Waals surface area contributed by atoms with Gasteiger partial charge in [0.05, 0.1) is 0 Å². The zero-order valence-electron chi connectivity index (χ0n) is 8.79. The predicted octanol–water partition coefficient (Wildman–Crippen LogP) is 2.82. The van der Waals surface area contributed by atoms with Crippen LogP contribution in [0.5, 0.6) is 0 Å². The molecule has 2 N–H and O–H groups in total. The standard InChI is InChI=1S/C9H19NOS2/c1-7(5-6-8(10)11)12-13-9(2,3)4/h7H,5-6H2,1-4H3,(H2,10,11). The largest absolute Gasteiger partial charge is 0.370 e. The zero-order valence-corrected chi connectivity index (χ0v) is 10.4. The molecule has 78 valence electrons. The van der Waals surface area contributed by atoms with Crippen molar-refractivity contribution in [2.75, 3.05) is 0 Å². The molecule has 0 aliphatic heterocycles. The van der Waals surface area contributed by atoms with Gasteiger partial charge in [0.25, 0.3) is 0 Å². The van der Waals surface area contributed by atoms with E-state index < -0.39 is 0 Å². The summed E-state index contributed by atoms with van der Waals surface area (Å²) < 4.78 is 0.283. The summed E-state index contributed by atoms with van der Waals surface area (Å²) >= 11 is 0. The highest BCUT2D eigenvalue weighted by molar-refractivity contribution is 8.77. The fourth-order valence-corrected chi connectivity index (χ4v) is 2.93. The molecule has 0 saturated heterocycles. The summed E-state index contributed by atoms with van der Waals surface area (Å²) in [6, 6.07) is 0. The van der Waals surface area contributed by atoms with Crippen LogP contribution in [0.1, 0.15) is 40.5 Å². The molecule has 0 fully saturated rings. The smallest absolute Gasteiger partial charge is 0.217 e. The molecule has 0 bridgehead atoms. The van der Waals surface area contributed by atoms with Crippen molar-refractivity contribution < 1.29 is 4.79 Å². The molecular formula is C9H19NOS2. The molecule has 0 spiro atoms. The Bertz CT molecular complexity index is 165. The predicted molar refractivity (Wildman–Crippen MR) is 62.8 cm³/mol. The molecule has 1 atom stereocenters. The van der Waals surface area contributed by atoms with Gasteiger partial charge in [-0.15, -0.1) is 0 Å². The first-order valence-corrected chi connectivity index (χ1v) is 6.65. The van der Waals surface area contributed by atoms with Gasteiger partial charge >= 0.3 is 0 Å². The van der Waals surface area contributed by atoms with E-state index in [0.717, 1.165) is 6.42 Å². The number of nitrogens with two attached hydrogens (primary N) is 1. The lowest BCUT2D eigenvalue weighted by Crippen LogP contribution is -2.13. The minimum absolute atomic E-state index is 0.201. The van der Waals surface area contributed by atoms with Gasteiger partial charge in [0.15, 0.2) is 0 Å². The van der Waals surface area contributed by atoms with Crippen LogP contribution in [0.15, 0.2) is 0 Å². The first kappa shape index (κ1) is 13.2. The van der Waals surface area contributed by atoms with Gasteiger partial charge < -0.3 is 5.73 Å². The van der Waals surface area contributed by atoms with E-state index >= 15 is 0 Å². The number of hydrogen-bond donors (Lipinski definition) is 1. The molecule has 0 aromatic rings. The topological polar surface area (TPSA) is 43.1 Å². The average Bonchev–Trinajstić information content (AvgIpc) is 1.95.